The molecule has 0 amide bonds. The van der Waals surface area contributed by atoms with Crippen LogP contribution in [0.2, 0.25) is 0 Å². The van der Waals surface area contributed by atoms with Gasteiger partial charge in [0.15, 0.2) is 5.43 Å². The molecule has 2 aromatic carbocycles. The average Bonchev–Trinajstić information content (AvgIpc) is 2.59. The number of benzene rings is 2. The molecule has 0 aliphatic carbocycles. The van der Waals surface area contributed by atoms with E-state index in [1.54, 1.807) is 24.3 Å². The lowest BCUT2D eigenvalue weighted by Crippen LogP contribution is -2.09. The number of nitrogens with one attached hydrogen (secondary N) is 2. The van der Waals surface area contributed by atoms with Crippen molar-refractivity contribution in [2.75, 3.05) is 12.4 Å². The summed E-state index contributed by atoms with van der Waals surface area (Å²) in [7, 11) is 1.51. The maximum absolute atomic E-state index is 12.7. The van der Waals surface area contributed by atoms with Crippen LogP contribution in [0.3, 0.4) is 0 Å². The summed E-state index contributed by atoms with van der Waals surface area (Å²) >= 11 is 0. The van der Waals surface area contributed by atoms with Crippen LogP contribution in [0.1, 0.15) is 11.1 Å². The molecule has 0 saturated carbocycles. The van der Waals surface area contributed by atoms with E-state index >= 15 is 0 Å². The summed E-state index contributed by atoms with van der Waals surface area (Å²) in [6, 6.07) is 11.5. The third-order valence-corrected chi connectivity index (χ3v) is 3.77. The average molecular weight is 348 g/mol. The minimum absolute atomic E-state index is 0.154. The lowest BCUT2D eigenvalue weighted by Gasteiger charge is -2.11. The van der Waals surface area contributed by atoms with Crippen LogP contribution in [-0.4, -0.2) is 12.1 Å². The number of halogens is 3. The summed E-state index contributed by atoms with van der Waals surface area (Å²) in [4.78, 5) is 15.2. The highest BCUT2D eigenvalue weighted by atomic mass is 19.4. The van der Waals surface area contributed by atoms with E-state index in [0.717, 1.165) is 12.1 Å². The fourth-order valence-electron chi connectivity index (χ4n) is 2.50. The quantitative estimate of drug-likeness (QED) is 0.744. The van der Waals surface area contributed by atoms with Crippen molar-refractivity contribution in [3.63, 3.8) is 0 Å². The Morgan fingerprint density at radius 2 is 1.92 bits per heavy atom. The minimum Gasteiger partial charge on any atom is -0.497 e. The Balaban J connectivity index is 1.83. The van der Waals surface area contributed by atoms with E-state index < -0.39 is 11.7 Å². The predicted molar refractivity (Wildman–Crippen MR) is 89.9 cm³/mol. The van der Waals surface area contributed by atoms with E-state index in [2.05, 4.69) is 10.3 Å². The van der Waals surface area contributed by atoms with Crippen LogP contribution in [0.4, 0.5) is 19.0 Å². The van der Waals surface area contributed by atoms with Gasteiger partial charge in [-0.15, -0.1) is 0 Å². The highest BCUT2D eigenvalue weighted by Gasteiger charge is 2.30. The molecule has 0 aliphatic heterocycles. The zero-order valence-corrected chi connectivity index (χ0v) is 13.3. The zero-order valence-electron chi connectivity index (χ0n) is 13.3. The first-order chi connectivity index (χ1) is 11.9. The summed E-state index contributed by atoms with van der Waals surface area (Å²) in [5.74, 6) is 1.00. The van der Waals surface area contributed by atoms with E-state index in [1.807, 2.05) is 0 Å². The van der Waals surface area contributed by atoms with E-state index in [9.17, 15) is 18.0 Å². The topological polar surface area (TPSA) is 54.1 Å². The van der Waals surface area contributed by atoms with Crippen molar-refractivity contribution < 1.29 is 17.9 Å². The molecular formula is C18H15F3N2O2. The molecule has 0 bridgehead atoms. The van der Waals surface area contributed by atoms with Crippen LogP contribution in [0.5, 0.6) is 5.75 Å². The van der Waals surface area contributed by atoms with Crippen LogP contribution in [0, 0.1) is 0 Å². The first-order valence-electron chi connectivity index (χ1n) is 7.48. The number of fused-ring (bicyclic) bond motifs is 1. The molecule has 0 radical (unpaired) electrons. The van der Waals surface area contributed by atoms with Gasteiger partial charge in [0.05, 0.1) is 18.2 Å². The first-order valence-corrected chi connectivity index (χ1v) is 7.48. The van der Waals surface area contributed by atoms with Crippen LogP contribution < -0.4 is 15.5 Å². The van der Waals surface area contributed by atoms with Gasteiger partial charge < -0.3 is 15.0 Å². The molecule has 0 unspecified atom stereocenters. The molecule has 25 heavy (non-hydrogen) atoms. The molecule has 3 aromatic rings. The van der Waals surface area contributed by atoms with Gasteiger partial charge in [-0.05, 0) is 35.9 Å². The number of hydrogen-bond donors (Lipinski definition) is 2. The standard InChI is InChI=1S/C18H15F3N2O2/c1-25-13-5-6-15-14(8-13)16(24)9-17(23-15)22-10-11-3-2-4-12(7-11)18(19,20)21/h2-9H,10H2,1H3,(H2,22,23,24). The normalized spacial score (nSPS) is 11.5. The number of aromatic nitrogens is 1. The molecule has 4 nitrogen and oxygen atoms in total. The molecule has 1 heterocycles. The highest BCUT2D eigenvalue weighted by molar-refractivity contribution is 5.81. The number of rotatable bonds is 4. The van der Waals surface area contributed by atoms with E-state index in [4.69, 9.17) is 4.74 Å². The van der Waals surface area contributed by atoms with Crippen molar-refractivity contribution in [2.45, 2.75) is 12.7 Å². The second-order valence-corrected chi connectivity index (χ2v) is 5.51. The second-order valence-electron chi connectivity index (χ2n) is 5.51. The number of methoxy groups -OCH3 is 1. The van der Waals surface area contributed by atoms with Gasteiger partial charge in [0, 0.05) is 18.0 Å². The van der Waals surface area contributed by atoms with Crippen LogP contribution in [0.15, 0.2) is 53.3 Å². The molecule has 7 heteroatoms. The Hall–Kier alpha value is -2.96. The lowest BCUT2D eigenvalue weighted by atomic mass is 10.1. The minimum atomic E-state index is -4.38. The zero-order chi connectivity index (χ0) is 18.0. The molecule has 0 atom stereocenters. The van der Waals surface area contributed by atoms with Gasteiger partial charge in [-0.1, -0.05) is 12.1 Å². The van der Waals surface area contributed by atoms with Crippen LogP contribution in [-0.2, 0) is 12.7 Å². The Morgan fingerprint density at radius 1 is 1.12 bits per heavy atom. The van der Waals surface area contributed by atoms with Crippen LogP contribution in [0.25, 0.3) is 10.9 Å². The number of alkyl halides is 3. The van der Waals surface area contributed by atoms with Gasteiger partial charge in [0.1, 0.15) is 11.6 Å². The maximum atomic E-state index is 12.7. The largest absolute Gasteiger partial charge is 0.497 e. The van der Waals surface area contributed by atoms with Crippen molar-refractivity contribution in [1.82, 2.24) is 4.98 Å². The summed E-state index contributed by atoms with van der Waals surface area (Å²) in [5, 5.41) is 3.42. The Labute approximate surface area is 141 Å². The van der Waals surface area contributed by atoms with Gasteiger partial charge in [0.25, 0.3) is 0 Å². The van der Waals surface area contributed by atoms with E-state index in [0.29, 0.717) is 28.0 Å². The van der Waals surface area contributed by atoms with Crippen molar-refractivity contribution in [1.29, 1.82) is 0 Å². The Bertz CT molecular complexity index is 964. The summed E-state index contributed by atoms with van der Waals surface area (Å²) in [5.41, 5.74) is 0.162. The molecule has 0 saturated heterocycles. The number of pyridine rings is 1. The summed E-state index contributed by atoms with van der Waals surface area (Å²) in [6.07, 6.45) is -4.38. The third-order valence-electron chi connectivity index (χ3n) is 3.77. The van der Waals surface area contributed by atoms with Crippen molar-refractivity contribution in [3.8, 4) is 5.75 Å². The van der Waals surface area contributed by atoms with Crippen molar-refractivity contribution in [3.05, 3.63) is 69.9 Å². The highest BCUT2D eigenvalue weighted by Crippen LogP contribution is 2.29. The second kappa shape index (κ2) is 6.51. The Kier molecular flexibility index (Phi) is 4.39. The number of ether oxygens (including phenoxy) is 1. The first kappa shape index (κ1) is 16.9. The molecule has 0 spiro atoms. The van der Waals surface area contributed by atoms with E-state index in [1.165, 1.54) is 19.2 Å². The summed E-state index contributed by atoms with van der Waals surface area (Å²) in [6.45, 7) is 0.154. The molecule has 130 valence electrons. The lowest BCUT2D eigenvalue weighted by molar-refractivity contribution is -0.137. The van der Waals surface area contributed by atoms with Crippen molar-refractivity contribution in [2.24, 2.45) is 0 Å². The third kappa shape index (κ3) is 3.76. The molecule has 3 rings (SSSR count). The number of H-pyrrole nitrogens is 1. The number of aromatic amines is 1. The molecular weight excluding hydrogens is 333 g/mol. The Morgan fingerprint density at radius 3 is 2.64 bits per heavy atom. The number of anilines is 1. The van der Waals surface area contributed by atoms with Gasteiger partial charge in [0.2, 0.25) is 0 Å². The predicted octanol–water partition coefficient (Wildman–Crippen LogP) is 4.17. The summed E-state index contributed by atoms with van der Waals surface area (Å²) < 4.78 is 43.3. The van der Waals surface area contributed by atoms with Gasteiger partial charge in [-0.3, -0.25) is 4.79 Å². The SMILES string of the molecule is COc1ccc2[nH]c(NCc3cccc(C(F)(F)F)c3)cc(=O)c2c1. The van der Waals surface area contributed by atoms with Gasteiger partial charge in [-0.2, -0.15) is 13.2 Å². The fraction of sp³-hybridized carbons (Fsp3) is 0.167. The van der Waals surface area contributed by atoms with Gasteiger partial charge >= 0.3 is 6.18 Å². The molecule has 0 fully saturated rings. The van der Waals surface area contributed by atoms with Crippen LogP contribution >= 0.6 is 0 Å². The number of hydrogen-bond acceptors (Lipinski definition) is 3. The monoisotopic (exact) mass is 348 g/mol. The fourth-order valence-corrected chi connectivity index (χ4v) is 2.50. The molecule has 0 aliphatic rings. The maximum Gasteiger partial charge on any atom is 0.416 e. The van der Waals surface area contributed by atoms with E-state index in [-0.39, 0.29) is 12.0 Å². The molecule has 2 N–H and O–H groups in total. The van der Waals surface area contributed by atoms with Crippen molar-refractivity contribution >= 4 is 16.7 Å². The van der Waals surface area contributed by atoms with Gasteiger partial charge in [-0.25, -0.2) is 0 Å². The molecule has 1 aromatic heterocycles. The smallest absolute Gasteiger partial charge is 0.416 e.